The van der Waals surface area contributed by atoms with Crippen LogP contribution in [0.15, 0.2) is 66.7 Å². The molecule has 0 saturated carbocycles. The Morgan fingerprint density at radius 2 is 1.56 bits per heavy atom. The Bertz CT molecular complexity index is 885. The SMILES string of the molecule is COCc1cc(-c2ccccc2)ccc1C(=O)c1cc(F)cc(F)c1. The van der Waals surface area contributed by atoms with Crippen molar-refractivity contribution >= 4 is 5.78 Å². The molecule has 0 bridgehead atoms. The zero-order valence-corrected chi connectivity index (χ0v) is 13.6. The van der Waals surface area contributed by atoms with E-state index in [1.54, 1.807) is 6.07 Å². The highest BCUT2D eigenvalue weighted by Gasteiger charge is 2.16. The van der Waals surface area contributed by atoms with Gasteiger partial charge in [-0.2, -0.15) is 0 Å². The molecule has 0 amide bonds. The zero-order valence-electron chi connectivity index (χ0n) is 13.6. The van der Waals surface area contributed by atoms with E-state index >= 15 is 0 Å². The van der Waals surface area contributed by atoms with Crippen LogP contribution >= 0.6 is 0 Å². The number of benzene rings is 3. The van der Waals surface area contributed by atoms with Crippen molar-refractivity contribution < 1.29 is 18.3 Å². The van der Waals surface area contributed by atoms with Gasteiger partial charge in [0, 0.05) is 24.3 Å². The molecule has 4 heteroatoms. The summed E-state index contributed by atoms with van der Waals surface area (Å²) in [5, 5.41) is 0. The van der Waals surface area contributed by atoms with Crippen LogP contribution in [-0.2, 0) is 11.3 Å². The smallest absolute Gasteiger partial charge is 0.193 e. The van der Waals surface area contributed by atoms with Crippen molar-refractivity contribution in [3.8, 4) is 11.1 Å². The van der Waals surface area contributed by atoms with Gasteiger partial charge in [0.05, 0.1) is 6.61 Å². The van der Waals surface area contributed by atoms with Crippen molar-refractivity contribution in [3.05, 3.63) is 95.1 Å². The summed E-state index contributed by atoms with van der Waals surface area (Å²) in [7, 11) is 1.53. The minimum atomic E-state index is -0.780. The molecule has 3 aromatic rings. The third-order valence-corrected chi connectivity index (χ3v) is 3.88. The van der Waals surface area contributed by atoms with Crippen LogP contribution in [-0.4, -0.2) is 12.9 Å². The van der Waals surface area contributed by atoms with Crippen LogP contribution in [0.1, 0.15) is 21.5 Å². The second-order valence-electron chi connectivity index (χ2n) is 5.66. The summed E-state index contributed by atoms with van der Waals surface area (Å²) in [4.78, 5) is 12.7. The first-order chi connectivity index (χ1) is 12.1. The molecule has 0 saturated heterocycles. The monoisotopic (exact) mass is 338 g/mol. The molecule has 0 aliphatic heterocycles. The summed E-state index contributed by atoms with van der Waals surface area (Å²) >= 11 is 0. The van der Waals surface area contributed by atoms with Gasteiger partial charge in [0.1, 0.15) is 11.6 Å². The van der Waals surface area contributed by atoms with Gasteiger partial charge in [0.25, 0.3) is 0 Å². The molecule has 0 aromatic heterocycles. The number of ketones is 1. The highest BCUT2D eigenvalue weighted by atomic mass is 19.1. The van der Waals surface area contributed by atoms with E-state index in [1.165, 1.54) is 7.11 Å². The Morgan fingerprint density at radius 3 is 2.20 bits per heavy atom. The normalized spacial score (nSPS) is 10.7. The Kier molecular flexibility index (Phi) is 5.00. The molecule has 0 aliphatic carbocycles. The van der Waals surface area contributed by atoms with Gasteiger partial charge in [-0.15, -0.1) is 0 Å². The van der Waals surface area contributed by atoms with E-state index in [0.717, 1.165) is 29.3 Å². The Morgan fingerprint density at radius 1 is 0.880 bits per heavy atom. The number of ether oxygens (including phenoxy) is 1. The fraction of sp³-hybridized carbons (Fsp3) is 0.0952. The van der Waals surface area contributed by atoms with E-state index in [9.17, 15) is 13.6 Å². The van der Waals surface area contributed by atoms with Crippen LogP contribution < -0.4 is 0 Å². The van der Waals surface area contributed by atoms with Crippen LogP contribution in [0.5, 0.6) is 0 Å². The minimum Gasteiger partial charge on any atom is -0.380 e. The molecule has 0 radical (unpaired) electrons. The van der Waals surface area contributed by atoms with E-state index in [2.05, 4.69) is 0 Å². The lowest BCUT2D eigenvalue weighted by molar-refractivity contribution is 0.103. The van der Waals surface area contributed by atoms with Gasteiger partial charge in [-0.1, -0.05) is 42.5 Å². The highest BCUT2D eigenvalue weighted by Crippen LogP contribution is 2.25. The Hall–Kier alpha value is -2.85. The van der Waals surface area contributed by atoms with Gasteiger partial charge in [-0.05, 0) is 34.9 Å². The van der Waals surface area contributed by atoms with Crippen molar-refractivity contribution in [2.24, 2.45) is 0 Å². The topological polar surface area (TPSA) is 26.3 Å². The lowest BCUT2D eigenvalue weighted by Gasteiger charge is -2.11. The molecular weight excluding hydrogens is 322 g/mol. The highest BCUT2D eigenvalue weighted by molar-refractivity contribution is 6.10. The first kappa shape index (κ1) is 17.0. The molecule has 0 N–H and O–H groups in total. The Balaban J connectivity index is 2.04. The summed E-state index contributed by atoms with van der Waals surface area (Å²) in [5.41, 5.74) is 2.96. The average molecular weight is 338 g/mol. The lowest BCUT2D eigenvalue weighted by Crippen LogP contribution is -2.07. The molecule has 0 fully saturated rings. The maximum atomic E-state index is 13.4. The molecule has 3 aromatic carbocycles. The van der Waals surface area contributed by atoms with E-state index in [4.69, 9.17) is 4.74 Å². The predicted octanol–water partition coefficient (Wildman–Crippen LogP) is 5.01. The number of hydrogen-bond donors (Lipinski definition) is 0. The molecular formula is C21H16F2O2. The second kappa shape index (κ2) is 7.36. The maximum Gasteiger partial charge on any atom is 0.193 e. The number of carbonyl (C=O) groups excluding carboxylic acids is 1. The van der Waals surface area contributed by atoms with E-state index in [0.29, 0.717) is 11.1 Å². The zero-order chi connectivity index (χ0) is 17.8. The lowest BCUT2D eigenvalue weighted by atomic mass is 9.94. The van der Waals surface area contributed by atoms with Crippen LogP contribution in [0.3, 0.4) is 0 Å². The predicted molar refractivity (Wildman–Crippen MR) is 92.4 cm³/mol. The van der Waals surface area contributed by atoms with Gasteiger partial charge in [-0.25, -0.2) is 8.78 Å². The van der Waals surface area contributed by atoms with Crippen molar-refractivity contribution in [3.63, 3.8) is 0 Å². The molecule has 0 atom stereocenters. The van der Waals surface area contributed by atoms with Crippen LogP contribution in [0.2, 0.25) is 0 Å². The average Bonchev–Trinajstić information content (AvgIpc) is 2.61. The minimum absolute atomic E-state index is 0.0256. The fourth-order valence-corrected chi connectivity index (χ4v) is 2.74. The van der Waals surface area contributed by atoms with Gasteiger partial charge in [-0.3, -0.25) is 4.79 Å². The summed E-state index contributed by atoms with van der Waals surface area (Å²) in [6.45, 7) is 0.222. The number of hydrogen-bond acceptors (Lipinski definition) is 2. The molecule has 3 rings (SSSR count). The van der Waals surface area contributed by atoms with Crippen molar-refractivity contribution in [1.82, 2.24) is 0 Å². The second-order valence-corrected chi connectivity index (χ2v) is 5.66. The molecule has 0 unspecified atom stereocenters. The van der Waals surface area contributed by atoms with Gasteiger partial charge in [0.2, 0.25) is 0 Å². The number of halogens is 2. The van der Waals surface area contributed by atoms with E-state index in [-0.39, 0.29) is 12.2 Å². The van der Waals surface area contributed by atoms with Gasteiger partial charge >= 0.3 is 0 Å². The van der Waals surface area contributed by atoms with Gasteiger partial charge < -0.3 is 4.74 Å². The van der Waals surface area contributed by atoms with E-state index < -0.39 is 17.4 Å². The summed E-state index contributed by atoms with van der Waals surface area (Å²) in [6.07, 6.45) is 0. The number of carbonyl (C=O) groups is 1. The summed E-state index contributed by atoms with van der Waals surface area (Å²) in [6, 6.07) is 17.9. The first-order valence-corrected chi connectivity index (χ1v) is 7.76. The maximum absolute atomic E-state index is 13.4. The largest absolute Gasteiger partial charge is 0.380 e. The molecule has 0 heterocycles. The summed E-state index contributed by atoms with van der Waals surface area (Å²) in [5.74, 6) is -2.00. The molecule has 2 nitrogen and oxygen atoms in total. The summed E-state index contributed by atoms with van der Waals surface area (Å²) < 4.78 is 32.0. The fourth-order valence-electron chi connectivity index (χ4n) is 2.74. The van der Waals surface area contributed by atoms with E-state index in [1.807, 2.05) is 42.5 Å². The number of rotatable bonds is 5. The standard InChI is InChI=1S/C21H16F2O2/c1-25-13-17-9-15(14-5-3-2-4-6-14)7-8-20(17)21(24)16-10-18(22)12-19(23)11-16/h2-12H,13H2,1H3. The van der Waals surface area contributed by atoms with Crippen molar-refractivity contribution in [2.75, 3.05) is 7.11 Å². The van der Waals surface area contributed by atoms with Crippen molar-refractivity contribution in [1.29, 1.82) is 0 Å². The van der Waals surface area contributed by atoms with Crippen LogP contribution in [0, 0.1) is 11.6 Å². The Labute approximate surface area is 144 Å². The molecule has 0 aliphatic rings. The van der Waals surface area contributed by atoms with Crippen LogP contribution in [0.4, 0.5) is 8.78 Å². The van der Waals surface area contributed by atoms with Crippen molar-refractivity contribution in [2.45, 2.75) is 6.61 Å². The third kappa shape index (κ3) is 3.80. The molecule has 0 spiro atoms. The molecule has 126 valence electrons. The van der Waals surface area contributed by atoms with Crippen LogP contribution in [0.25, 0.3) is 11.1 Å². The quantitative estimate of drug-likeness (QED) is 0.611. The third-order valence-electron chi connectivity index (χ3n) is 3.88. The molecule has 25 heavy (non-hydrogen) atoms. The number of methoxy groups -OCH3 is 1. The van der Waals surface area contributed by atoms with Gasteiger partial charge in [0.15, 0.2) is 5.78 Å². The first-order valence-electron chi connectivity index (χ1n) is 7.76.